The molecular formula is C13H12N2S. The van der Waals surface area contributed by atoms with Crippen LogP contribution in [0.5, 0.6) is 0 Å². The standard InChI is InChI=1S/C13H12N2S/c14-8-13(12-6-7-16-10-12)15-9-11-4-2-1-3-5-11/h1-7,10,13,15H,9H2. The van der Waals surface area contributed by atoms with E-state index in [-0.39, 0.29) is 6.04 Å². The van der Waals surface area contributed by atoms with Crippen LogP contribution in [0.3, 0.4) is 0 Å². The molecule has 0 aliphatic rings. The van der Waals surface area contributed by atoms with Crippen LogP contribution in [0.2, 0.25) is 0 Å². The Labute approximate surface area is 99.2 Å². The summed E-state index contributed by atoms with van der Waals surface area (Å²) in [7, 11) is 0. The molecule has 0 fully saturated rings. The fraction of sp³-hybridized carbons (Fsp3) is 0.154. The third kappa shape index (κ3) is 2.69. The van der Waals surface area contributed by atoms with Gasteiger partial charge in [0.2, 0.25) is 0 Å². The van der Waals surface area contributed by atoms with Crippen LogP contribution in [-0.2, 0) is 6.54 Å². The maximum atomic E-state index is 9.07. The summed E-state index contributed by atoms with van der Waals surface area (Å²) in [4.78, 5) is 0. The first kappa shape index (κ1) is 10.9. The van der Waals surface area contributed by atoms with Crippen LogP contribution >= 0.6 is 11.3 Å². The second-order valence-corrected chi connectivity index (χ2v) is 4.27. The van der Waals surface area contributed by atoms with Crippen molar-refractivity contribution < 1.29 is 0 Å². The fourth-order valence-electron chi connectivity index (χ4n) is 1.49. The number of nitriles is 1. The molecule has 0 aliphatic carbocycles. The molecule has 0 saturated heterocycles. The SMILES string of the molecule is N#CC(NCc1ccccc1)c1ccsc1. The number of rotatable bonds is 4. The van der Waals surface area contributed by atoms with E-state index >= 15 is 0 Å². The van der Waals surface area contributed by atoms with Crippen molar-refractivity contribution in [2.75, 3.05) is 0 Å². The van der Waals surface area contributed by atoms with Crippen molar-refractivity contribution in [2.24, 2.45) is 0 Å². The van der Waals surface area contributed by atoms with Crippen molar-refractivity contribution in [1.29, 1.82) is 5.26 Å². The molecule has 0 amide bonds. The minimum absolute atomic E-state index is 0.216. The Hall–Kier alpha value is -1.63. The van der Waals surface area contributed by atoms with E-state index < -0.39 is 0 Å². The lowest BCUT2D eigenvalue weighted by molar-refractivity contribution is 0.632. The van der Waals surface area contributed by atoms with Crippen molar-refractivity contribution >= 4 is 11.3 Å². The summed E-state index contributed by atoms with van der Waals surface area (Å²) in [6.07, 6.45) is 0. The number of hydrogen-bond donors (Lipinski definition) is 1. The molecule has 2 rings (SSSR count). The van der Waals surface area contributed by atoms with Crippen LogP contribution in [0.15, 0.2) is 47.2 Å². The van der Waals surface area contributed by atoms with Gasteiger partial charge in [0.25, 0.3) is 0 Å². The van der Waals surface area contributed by atoms with E-state index in [0.29, 0.717) is 0 Å². The normalized spacial score (nSPS) is 11.9. The third-order valence-corrected chi connectivity index (χ3v) is 3.06. The van der Waals surface area contributed by atoms with Crippen LogP contribution in [0.25, 0.3) is 0 Å². The molecule has 1 unspecified atom stereocenters. The second-order valence-electron chi connectivity index (χ2n) is 3.49. The lowest BCUT2D eigenvalue weighted by Gasteiger charge is -2.09. The zero-order valence-corrected chi connectivity index (χ0v) is 9.58. The van der Waals surface area contributed by atoms with Crippen LogP contribution in [0, 0.1) is 11.3 Å². The largest absolute Gasteiger partial charge is 0.294 e. The highest BCUT2D eigenvalue weighted by molar-refractivity contribution is 7.08. The summed E-state index contributed by atoms with van der Waals surface area (Å²) >= 11 is 1.61. The minimum Gasteiger partial charge on any atom is -0.294 e. The number of thiophene rings is 1. The van der Waals surface area contributed by atoms with Crippen molar-refractivity contribution in [3.05, 3.63) is 58.3 Å². The van der Waals surface area contributed by atoms with Crippen molar-refractivity contribution in [3.63, 3.8) is 0 Å². The molecule has 0 saturated carbocycles. The van der Waals surface area contributed by atoms with Crippen LogP contribution in [-0.4, -0.2) is 0 Å². The first-order chi connectivity index (χ1) is 7.90. The summed E-state index contributed by atoms with van der Waals surface area (Å²) in [5.41, 5.74) is 2.24. The van der Waals surface area contributed by atoms with Gasteiger partial charge < -0.3 is 0 Å². The summed E-state index contributed by atoms with van der Waals surface area (Å²) in [5, 5.41) is 16.3. The predicted octanol–water partition coefficient (Wildman–Crippen LogP) is 3.10. The molecule has 0 spiro atoms. The molecule has 3 heteroatoms. The first-order valence-electron chi connectivity index (χ1n) is 5.09. The van der Waals surface area contributed by atoms with E-state index in [0.717, 1.165) is 12.1 Å². The van der Waals surface area contributed by atoms with Gasteiger partial charge in [0, 0.05) is 6.54 Å². The Balaban J connectivity index is 1.97. The molecule has 1 heterocycles. The number of hydrogen-bond acceptors (Lipinski definition) is 3. The Kier molecular flexibility index (Phi) is 3.71. The summed E-state index contributed by atoms with van der Waals surface area (Å²) < 4.78 is 0. The molecule has 80 valence electrons. The maximum absolute atomic E-state index is 9.07. The molecule has 0 aliphatic heterocycles. The molecule has 1 aromatic heterocycles. The van der Waals surface area contributed by atoms with E-state index in [1.807, 2.05) is 35.0 Å². The van der Waals surface area contributed by atoms with Crippen LogP contribution in [0.4, 0.5) is 0 Å². The van der Waals surface area contributed by atoms with E-state index in [1.165, 1.54) is 5.56 Å². The monoisotopic (exact) mass is 228 g/mol. The van der Waals surface area contributed by atoms with Gasteiger partial charge in [0.15, 0.2) is 0 Å². The molecular weight excluding hydrogens is 216 g/mol. The van der Waals surface area contributed by atoms with Gasteiger partial charge in [-0.15, -0.1) is 0 Å². The lowest BCUT2D eigenvalue weighted by Crippen LogP contribution is -2.18. The smallest absolute Gasteiger partial charge is 0.122 e. The second kappa shape index (κ2) is 5.45. The zero-order chi connectivity index (χ0) is 11.2. The van der Waals surface area contributed by atoms with Crippen LogP contribution < -0.4 is 5.32 Å². The van der Waals surface area contributed by atoms with Gasteiger partial charge >= 0.3 is 0 Å². The summed E-state index contributed by atoms with van der Waals surface area (Å²) in [6.45, 7) is 0.717. The molecule has 0 radical (unpaired) electrons. The van der Waals surface area contributed by atoms with Gasteiger partial charge in [0.05, 0.1) is 6.07 Å². The average Bonchev–Trinajstić information content (AvgIpc) is 2.85. The van der Waals surface area contributed by atoms with Gasteiger partial charge in [-0.2, -0.15) is 16.6 Å². The number of benzene rings is 1. The van der Waals surface area contributed by atoms with Crippen LogP contribution in [0.1, 0.15) is 17.2 Å². The molecule has 2 nitrogen and oxygen atoms in total. The van der Waals surface area contributed by atoms with E-state index in [1.54, 1.807) is 11.3 Å². The predicted molar refractivity (Wildman–Crippen MR) is 66.0 cm³/mol. The third-order valence-electron chi connectivity index (χ3n) is 2.36. The molecule has 16 heavy (non-hydrogen) atoms. The Bertz CT molecular complexity index is 456. The number of nitrogens with zero attached hydrogens (tertiary/aromatic N) is 1. The highest BCUT2D eigenvalue weighted by Crippen LogP contribution is 2.16. The van der Waals surface area contributed by atoms with E-state index in [9.17, 15) is 0 Å². The van der Waals surface area contributed by atoms with Crippen molar-refractivity contribution in [2.45, 2.75) is 12.6 Å². The highest BCUT2D eigenvalue weighted by atomic mass is 32.1. The summed E-state index contributed by atoms with van der Waals surface area (Å²) in [6, 6.07) is 14.1. The fourth-order valence-corrected chi connectivity index (χ4v) is 2.18. The molecule has 1 atom stereocenters. The molecule has 1 N–H and O–H groups in total. The first-order valence-corrected chi connectivity index (χ1v) is 6.03. The highest BCUT2D eigenvalue weighted by Gasteiger charge is 2.09. The van der Waals surface area contributed by atoms with Gasteiger partial charge in [-0.25, -0.2) is 0 Å². The Morgan fingerprint density at radius 3 is 2.69 bits per heavy atom. The molecule has 0 bridgehead atoms. The van der Waals surface area contributed by atoms with Crippen molar-refractivity contribution in [3.8, 4) is 6.07 Å². The zero-order valence-electron chi connectivity index (χ0n) is 8.76. The number of nitrogens with one attached hydrogen (secondary N) is 1. The minimum atomic E-state index is -0.216. The Morgan fingerprint density at radius 1 is 1.25 bits per heavy atom. The van der Waals surface area contributed by atoms with Gasteiger partial charge in [-0.3, -0.25) is 5.32 Å². The van der Waals surface area contributed by atoms with Gasteiger partial charge in [-0.1, -0.05) is 30.3 Å². The lowest BCUT2D eigenvalue weighted by atomic mass is 10.1. The van der Waals surface area contributed by atoms with Crippen molar-refractivity contribution in [1.82, 2.24) is 5.32 Å². The Morgan fingerprint density at radius 2 is 2.06 bits per heavy atom. The quantitative estimate of drug-likeness (QED) is 0.872. The summed E-state index contributed by atoms with van der Waals surface area (Å²) in [5.74, 6) is 0. The van der Waals surface area contributed by atoms with E-state index in [4.69, 9.17) is 5.26 Å². The van der Waals surface area contributed by atoms with E-state index in [2.05, 4.69) is 23.5 Å². The average molecular weight is 228 g/mol. The van der Waals surface area contributed by atoms with Gasteiger partial charge in [0.1, 0.15) is 6.04 Å². The van der Waals surface area contributed by atoms with Gasteiger partial charge in [-0.05, 0) is 28.0 Å². The molecule has 2 aromatic rings. The topological polar surface area (TPSA) is 35.8 Å². The maximum Gasteiger partial charge on any atom is 0.122 e. The molecule has 1 aromatic carbocycles.